The van der Waals surface area contributed by atoms with Crippen LogP contribution in [0.4, 0.5) is 13.2 Å². The van der Waals surface area contributed by atoms with Crippen molar-refractivity contribution in [2.75, 3.05) is 0 Å². The summed E-state index contributed by atoms with van der Waals surface area (Å²) in [6.45, 7) is 1.58. The first kappa shape index (κ1) is 14.6. The van der Waals surface area contributed by atoms with Gasteiger partial charge in [-0.05, 0) is 35.7 Å². The Bertz CT molecular complexity index is 576. The fraction of sp³-hybridized carbons (Fsp3) is 0.250. The Kier molecular flexibility index (Phi) is 4.14. The van der Waals surface area contributed by atoms with Gasteiger partial charge in [-0.3, -0.25) is 0 Å². The lowest BCUT2D eigenvalue weighted by atomic mass is 9.96. The van der Waals surface area contributed by atoms with Crippen LogP contribution >= 0.6 is 0 Å². The fourth-order valence-corrected chi connectivity index (χ4v) is 2.17. The Morgan fingerprint density at radius 3 is 2.25 bits per heavy atom. The van der Waals surface area contributed by atoms with Gasteiger partial charge in [-0.2, -0.15) is 13.2 Å². The molecule has 0 aliphatic rings. The van der Waals surface area contributed by atoms with Gasteiger partial charge >= 0.3 is 6.18 Å². The molecule has 1 N–H and O–H groups in total. The van der Waals surface area contributed by atoms with E-state index in [-0.39, 0.29) is 0 Å². The van der Waals surface area contributed by atoms with Crippen LogP contribution < -0.4 is 0 Å². The molecule has 1 nitrogen and oxygen atoms in total. The van der Waals surface area contributed by atoms with Gasteiger partial charge < -0.3 is 5.11 Å². The fourth-order valence-electron chi connectivity index (χ4n) is 2.17. The number of hydrogen-bond acceptors (Lipinski definition) is 1. The average molecular weight is 280 g/mol. The predicted molar refractivity (Wildman–Crippen MR) is 71.3 cm³/mol. The molecule has 4 heteroatoms. The van der Waals surface area contributed by atoms with Gasteiger partial charge in [-0.15, -0.1) is 0 Å². The van der Waals surface area contributed by atoms with Gasteiger partial charge in [-0.1, -0.05) is 36.4 Å². The van der Waals surface area contributed by atoms with Gasteiger partial charge in [0.25, 0.3) is 0 Å². The zero-order valence-corrected chi connectivity index (χ0v) is 11.0. The second-order valence-corrected chi connectivity index (χ2v) is 4.77. The topological polar surface area (TPSA) is 20.2 Å². The highest BCUT2D eigenvalue weighted by Crippen LogP contribution is 2.32. The second-order valence-electron chi connectivity index (χ2n) is 4.77. The lowest BCUT2D eigenvalue weighted by Crippen LogP contribution is -2.08. The molecular formula is C16H15F3O. The third-order valence-corrected chi connectivity index (χ3v) is 3.23. The summed E-state index contributed by atoms with van der Waals surface area (Å²) in [5.41, 5.74) is 1.23. The standard InChI is InChI=1S/C16H15F3O/c1-11-9-13(16(17,18)19)7-8-14(11)15(20)10-12-5-3-2-4-6-12/h2-9,15,20H,10H2,1H3. The van der Waals surface area contributed by atoms with Crippen LogP contribution in [-0.2, 0) is 12.6 Å². The summed E-state index contributed by atoms with van der Waals surface area (Å²) in [7, 11) is 0. The molecular weight excluding hydrogens is 265 g/mol. The van der Waals surface area contributed by atoms with Crippen molar-refractivity contribution in [2.24, 2.45) is 0 Å². The summed E-state index contributed by atoms with van der Waals surface area (Å²) in [6, 6.07) is 12.8. The van der Waals surface area contributed by atoms with Crippen molar-refractivity contribution in [2.45, 2.75) is 25.6 Å². The van der Waals surface area contributed by atoms with Crippen LogP contribution in [0.15, 0.2) is 48.5 Å². The predicted octanol–water partition coefficient (Wildman–Crippen LogP) is 4.29. The Labute approximate surface area is 115 Å². The first-order valence-electron chi connectivity index (χ1n) is 6.27. The third kappa shape index (κ3) is 3.39. The summed E-state index contributed by atoms with van der Waals surface area (Å²) in [6.07, 6.45) is -4.78. The number of hydrogen-bond donors (Lipinski definition) is 1. The van der Waals surface area contributed by atoms with Crippen LogP contribution in [0.2, 0.25) is 0 Å². The molecule has 2 aromatic carbocycles. The van der Waals surface area contributed by atoms with E-state index in [4.69, 9.17) is 0 Å². The van der Waals surface area contributed by atoms with Crippen LogP contribution in [0.5, 0.6) is 0 Å². The Balaban J connectivity index is 2.21. The second kappa shape index (κ2) is 5.67. The summed E-state index contributed by atoms with van der Waals surface area (Å²) >= 11 is 0. The molecule has 0 fully saturated rings. The summed E-state index contributed by atoms with van der Waals surface area (Å²) < 4.78 is 37.8. The van der Waals surface area contributed by atoms with E-state index in [2.05, 4.69) is 0 Å². The maximum absolute atomic E-state index is 12.6. The molecule has 2 aromatic rings. The Morgan fingerprint density at radius 1 is 1.05 bits per heavy atom. The van der Waals surface area contributed by atoms with Crippen LogP contribution in [0.1, 0.15) is 28.4 Å². The Hall–Kier alpha value is -1.81. The molecule has 0 aromatic heterocycles. The number of alkyl halides is 3. The zero-order chi connectivity index (χ0) is 14.8. The van der Waals surface area contributed by atoms with Gasteiger partial charge in [0.05, 0.1) is 11.7 Å². The highest BCUT2D eigenvalue weighted by molar-refractivity contribution is 5.34. The molecule has 106 valence electrons. The molecule has 0 saturated heterocycles. The minimum absolute atomic E-state index is 0.382. The lowest BCUT2D eigenvalue weighted by molar-refractivity contribution is -0.137. The smallest absolute Gasteiger partial charge is 0.388 e. The first-order valence-corrected chi connectivity index (χ1v) is 6.27. The number of rotatable bonds is 3. The quantitative estimate of drug-likeness (QED) is 0.889. The van der Waals surface area contributed by atoms with Crippen LogP contribution in [-0.4, -0.2) is 5.11 Å². The largest absolute Gasteiger partial charge is 0.416 e. The van der Waals surface area contributed by atoms with Crippen molar-refractivity contribution in [3.8, 4) is 0 Å². The first-order chi connectivity index (χ1) is 9.38. The molecule has 0 spiro atoms. The van der Waals surface area contributed by atoms with E-state index >= 15 is 0 Å². The van der Waals surface area contributed by atoms with E-state index in [1.807, 2.05) is 30.3 Å². The van der Waals surface area contributed by atoms with Crippen LogP contribution in [0, 0.1) is 6.92 Å². The van der Waals surface area contributed by atoms with E-state index in [0.29, 0.717) is 17.5 Å². The lowest BCUT2D eigenvalue weighted by Gasteiger charge is -2.16. The maximum Gasteiger partial charge on any atom is 0.416 e. The molecule has 0 heterocycles. The number of benzene rings is 2. The molecule has 0 amide bonds. The van der Waals surface area contributed by atoms with Crippen molar-refractivity contribution in [1.82, 2.24) is 0 Å². The van der Waals surface area contributed by atoms with E-state index in [1.165, 1.54) is 6.07 Å². The SMILES string of the molecule is Cc1cc(C(F)(F)F)ccc1C(O)Cc1ccccc1. The van der Waals surface area contributed by atoms with Gasteiger partial charge in [0.15, 0.2) is 0 Å². The van der Waals surface area contributed by atoms with Crippen molar-refractivity contribution >= 4 is 0 Å². The number of halogens is 3. The normalized spacial score (nSPS) is 13.2. The van der Waals surface area contributed by atoms with E-state index in [9.17, 15) is 18.3 Å². The Morgan fingerprint density at radius 2 is 1.70 bits per heavy atom. The number of aliphatic hydroxyl groups excluding tert-OH is 1. The van der Waals surface area contributed by atoms with Crippen molar-refractivity contribution in [1.29, 1.82) is 0 Å². The zero-order valence-electron chi connectivity index (χ0n) is 11.0. The van der Waals surface area contributed by atoms with Gasteiger partial charge in [0.2, 0.25) is 0 Å². The summed E-state index contributed by atoms with van der Waals surface area (Å²) in [4.78, 5) is 0. The molecule has 20 heavy (non-hydrogen) atoms. The molecule has 0 aliphatic heterocycles. The number of aliphatic hydroxyl groups is 1. The van der Waals surface area contributed by atoms with Crippen LogP contribution in [0.25, 0.3) is 0 Å². The van der Waals surface area contributed by atoms with E-state index < -0.39 is 17.8 Å². The van der Waals surface area contributed by atoms with Gasteiger partial charge in [0, 0.05) is 6.42 Å². The average Bonchev–Trinajstić information content (AvgIpc) is 2.38. The molecule has 2 rings (SSSR count). The highest BCUT2D eigenvalue weighted by Gasteiger charge is 2.30. The van der Waals surface area contributed by atoms with Gasteiger partial charge in [-0.25, -0.2) is 0 Å². The minimum atomic E-state index is -4.35. The monoisotopic (exact) mass is 280 g/mol. The molecule has 0 aliphatic carbocycles. The van der Waals surface area contributed by atoms with E-state index in [0.717, 1.165) is 17.7 Å². The molecule has 0 radical (unpaired) electrons. The van der Waals surface area contributed by atoms with E-state index in [1.54, 1.807) is 6.92 Å². The molecule has 0 saturated carbocycles. The summed E-state index contributed by atoms with van der Waals surface area (Å²) in [5, 5.41) is 10.2. The highest BCUT2D eigenvalue weighted by atomic mass is 19.4. The molecule has 0 bridgehead atoms. The maximum atomic E-state index is 12.6. The van der Waals surface area contributed by atoms with Crippen LogP contribution in [0.3, 0.4) is 0 Å². The van der Waals surface area contributed by atoms with Gasteiger partial charge in [0.1, 0.15) is 0 Å². The minimum Gasteiger partial charge on any atom is -0.388 e. The number of aryl methyl sites for hydroxylation is 1. The summed E-state index contributed by atoms with van der Waals surface area (Å²) in [5.74, 6) is 0. The van der Waals surface area contributed by atoms with Crippen molar-refractivity contribution in [3.05, 3.63) is 70.8 Å². The van der Waals surface area contributed by atoms with Crippen molar-refractivity contribution < 1.29 is 18.3 Å². The molecule has 1 atom stereocenters. The van der Waals surface area contributed by atoms with Crippen molar-refractivity contribution in [3.63, 3.8) is 0 Å². The molecule has 1 unspecified atom stereocenters. The third-order valence-electron chi connectivity index (χ3n) is 3.23.